The Morgan fingerprint density at radius 2 is 1.86 bits per heavy atom. The lowest BCUT2D eigenvalue weighted by Gasteiger charge is -2.07. The van der Waals surface area contributed by atoms with Gasteiger partial charge < -0.3 is 5.32 Å². The lowest BCUT2D eigenvalue weighted by atomic mass is 10.0. The van der Waals surface area contributed by atoms with Crippen LogP contribution in [-0.4, -0.2) is 6.54 Å². The van der Waals surface area contributed by atoms with E-state index in [-0.39, 0.29) is 1.43 Å². The van der Waals surface area contributed by atoms with Crippen molar-refractivity contribution >= 4 is 0 Å². The van der Waals surface area contributed by atoms with E-state index in [9.17, 15) is 0 Å². The molecule has 0 bridgehead atoms. The molecule has 0 aliphatic carbocycles. The Kier molecular flexibility index (Phi) is 4.68. The highest BCUT2D eigenvalue weighted by Crippen LogP contribution is 2.14. The van der Waals surface area contributed by atoms with Crippen LogP contribution in [0, 0.1) is 0 Å². The maximum absolute atomic E-state index is 3.40. The van der Waals surface area contributed by atoms with Gasteiger partial charge in [-0.25, -0.2) is 0 Å². The zero-order chi connectivity index (χ0) is 10.4. The number of hydrogen-bond acceptors (Lipinski definition) is 1. The van der Waals surface area contributed by atoms with Crippen LogP contribution in [0.25, 0.3) is 0 Å². The van der Waals surface area contributed by atoms with E-state index < -0.39 is 0 Å². The first-order valence-corrected chi connectivity index (χ1v) is 5.53. The molecular formula is C13H23N. The Labute approximate surface area is 89.0 Å². The first-order chi connectivity index (χ1) is 6.74. The molecule has 0 aliphatic rings. The lowest BCUT2D eigenvalue weighted by Crippen LogP contribution is -2.13. The Morgan fingerprint density at radius 1 is 1.21 bits per heavy atom. The summed E-state index contributed by atoms with van der Waals surface area (Å²) in [5.41, 5.74) is 2.80. The van der Waals surface area contributed by atoms with Crippen LogP contribution < -0.4 is 5.32 Å². The van der Waals surface area contributed by atoms with E-state index in [4.69, 9.17) is 0 Å². The number of hydrogen-bond donors (Lipinski definition) is 1. The Balaban J connectivity index is 0.00000196. The standard InChI is InChI=1S/C13H21N.H2/c1-4-9-14-10-12-5-7-13(8-6-12)11(2)3;/h5-8,11,14H,4,9-10H2,1-3H3;1H. The van der Waals surface area contributed by atoms with Crippen molar-refractivity contribution in [3.05, 3.63) is 35.4 Å². The molecule has 1 heteroatoms. The van der Waals surface area contributed by atoms with Crippen LogP contribution >= 0.6 is 0 Å². The second kappa shape index (κ2) is 5.82. The van der Waals surface area contributed by atoms with Crippen molar-refractivity contribution in [2.24, 2.45) is 0 Å². The maximum atomic E-state index is 3.40. The highest BCUT2D eigenvalue weighted by atomic mass is 14.8. The van der Waals surface area contributed by atoms with Crippen LogP contribution in [0.3, 0.4) is 0 Å². The first kappa shape index (κ1) is 11.3. The van der Waals surface area contributed by atoms with Crippen LogP contribution in [0.2, 0.25) is 0 Å². The van der Waals surface area contributed by atoms with Gasteiger partial charge >= 0.3 is 0 Å². The molecule has 0 radical (unpaired) electrons. The Morgan fingerprint density at radius 3 is 2.36 bits per heavy atom. The molecule has 1 aromatic carbocycles. The third kappa shape index (κ3) is 3.51. The minimum Gasteiger partial charge on any atom is -0.313 e. The Bertz CT molecular complexity index is 254. The SMILES string of the molecule is CCCNCc1ccc(C(C)C)cc1.[HH]. The van der Waals surface area contributed by atoms with Gasteiger partial charge in [-0.3, -0.25) is 0 Å². The first-order valence-electron chi connectivity index (χ1n) is 5.53. The summed E-state index contributed by atoms with van der Waals surface area (Å²) in [6.07, 6.45) is 1.20. The molecule has 0 aromatic heterocycles. The van der Waals surface area contributed by atoms with Gasteiger partial charge in [0.2, 0.25) is 0 Å². The van der Waals surface area contributed by atoms with Gasteiger partial charge in [0.1, 0.15) is 0 Å². The highest BCUT2D eigenvalue weighted by molar-refractivity contribution is 5.24. The summed E-state index contributed by atoms with van der Waals surface area (Å²) in [7, 11) is 0. The summed E-state index contributed by atoms with van der Waals surface area (Å²) in [5.74, 6) is 0.632. The molecule has 1 rings (SSSR count). The van der Waals surface area contributed by atoms with Crippen molar-refractivity contribution in [1.29, 1.82) is 0 Å². The van der Waals surface area contributed by atoms with Gasteiger partial charge in [0.15, 0.2) is 0 Å². The summed E-state index contributed by atoms with van der Waals surface area (Å²) in [6, 6.07) is 8.90. The molecule has 0 unspecified atom stereocenters. The average molecular weight is 193 g/mol. The van der Waals surface area contributed by atoms with E-state index in [1.54, 1.807) is 0 Å². The lowest BCUT2D eigenvalue weighted by molar-refractivity contribution is 0.675. The van der Waals surface area contributed by atoms with Gasteiger partial charge in [-0.05, 0) is 30.0 Å². The van der Waals surface area contributed by atoms with Gasteiger partial charge in [-0.15, -0.1) is 0 Å². The Hall–Kier alpha value is -0.820. The topological polar surface area (TPSA) is 12.0 Å². The fraction of sp³-hybridized carbons (Fsp3) is 0.538. The summed E-state index contributed by atoms with van der Waals surface area (Å²) in [6.45, 7) is 8.74. The summed E-state index contributed by atoms with van der Waals surface area (Å²) in [4.78, 5) is 0. The van der Waals surface area contributed by atoms with Gasteiger partial charge in [0.05, 0.1) is 0 Å². The normalized spacial score (nSPS) is 10.9. The van der Waals surface area contributed by atoms with Crippen molar-refractivity contribution in [3.63, 3.8) is 0 Å². The van der Waals surface area contributed by atoms with Gasteiger partial charge in [-0.2, -0.15) is 0 Å². The molecule has 0 fully saturated rings. The monoisotopic (exact) mass is 193 g/mol. The minimum atomic E-state index is 0. The fourth-order valence-corrected chi connectivity index (χ4v) is 1.43. The van der Waals surface area contributed by atoms with Crippen LogP contribution in [0.1, 0.15) is 45.7 Å². The molecule has 0 heterocycles. The molecule has 0 saturated heterocycles. The van der Waals surface area contributed by atoms with Crippen LogP contribution in [0.4, 0.5) is 0 Å². The zero-order valence-corrected chi connectivity index (χ0v) is 9.51. The van der Waals surface area contributed by atoms with Crippen molar-refractivity contribution in [2.45, 2.75) is 39.7 Å². The zero-order valence-electron chi connectivity index (χ0n) is 9.51. The third-order valence-corrected chi connectivity index (χ3v) is 2.40. The molecule has 0 atom stereocenters. The molecule has 0 aliphatic heterocycles. The van der Waals surface area contributed by atoms with E-state index >= 15 is 0 Å². The molecule has 0 amide bonds. The smallest absolute Gasteiger partial charge is 0.0205 e. The number of rotatable bonds is 5. The van der Waals surface area contributed by atoms with E-state index in [2.05, 4.69) is 50.4 Å². The third-order valence-electron chi connectivity index (χ3n) is 2.40. The molecular weight excluding hydrogens is 170 g/mol. The molecule has 1 nitrogen and oxygen atoms in total. The van der Waals surface area contributed by atoms with E-state index in [1.807, 2.05) is 0 Å². The molecule has 0 saturated carbocycles. The summed E-state index contributed by atoms with van der Waals surface area (Å²) in [5, 5.41) is 3.40. The van der Waals surface area contributed by atoms with Crippen molar-refractivity contribution in [3.8, 4) is 0 Å². The highest BCUT2D eigenvalue weighted by Gasteiger charge is 1.98. The van der Waals surface area contributed by atoms with E-state index in [1.165, 1.54) is 17.5 Å². The van der Waals surface area contributed by atoms with Gasteiger partial charge in [0, 0.05) is 7.97 Å². The quantitative estimate of drug-likeness (QED) is 0.705. The minimum absolute atomic E-state index is 0. The fourth-order valence-electron chi connectivity index (χ4n) is 1.43. The molecule has 80 valence electrons. The van der Waals surface area contributed by atoms with Gasteiger partial charge in [0.25, 0.3) is 0 Å². The second-order valence-corrected chi connectivity index (χ2v) is 4.07. The summed E-state index contributed by atoms with van der Waals surface area (Å²) >= 11 is 0. The van der Waals surface area contributed by atoms with Crippen molar-refractivity contribution in [2.75, 3.05) is 6.54 Å². The average Bonchev–Trinajstić information content (AvgIpc) is 2.19. The predicted octanol–water partition coefficient (Wildman–Crippen LogP) is 3.56. The second-order valence-electron chi connectivity index (χ2n) is 4.07. The van der Waals surface area contributed by atoms with Crippen LogP contribution in [-0.2, 0) is 6.54 Å². The van der Waals surface area contributed by atoms with Crippen molar-refractivity contribution in [1.82, 2.24) is 5.32 Å². The van der Waals surface area contributed by atoms with Crippen LogP contribution in [0.15, 0.2) is 24.3 Å². The molecule has 1 N–H and O–H groups in total. The largest absolute Gasteiger partial charge is 0.313 e. The summed E-state index contributed by atoms with van der Waals surface area (Å²) < 4.78 is 0. The molecule has 14 heavy (non-hydrogen) atoms. The van der Waals surface area contributed by atoms with Crippen LogP contribution in [0.5, 0.6) is 0 Å². The number of nitrogens with one attached hydrogen (secondary N) is 1. The van der Waals surface area contributed by atoms with Crippen molar-refractivity contribution < 1.29 is 1.43 Å². The predicted molar refractivity (Wildman–Crippen MR) is 64.6 cm³/mol. The number of benzene rings is 1. The molecule has 1 aromatic rings. The van der Waals surface area contributed by atoms with E-state index in [0.717, 1.165) is 13.1 Å². The molecule has 0 spiro atoms. The van der Waals surface area contributed by atoms with E-state index in [0.29, 0.717) is 5.92 Å². The maximum Gasteiger partial charge on any atom is 0.0205 e. The van der Waals surface area contributed by atoms with Gasteiger partial charge in [-0.1, -0.05) is 45.0 Å².